The minimum Gasteiger partial charge on any atom is -0.334 e. The Kier molecular flexibility index (Phi) is 4.40. The maximum absolute atomic E-state index is 6.21. The molecule has 1 saturated carbocycles. The van der Waals surface area contributed by atoms with Gasteiger partial charge in [-0.2, -0.15) is 0 Å². The normalized spacial score (nSPS) is 26.5. The van der Waals surface area contributed by atoms with E-state index in [4.69, 9.17) is 16.6 Å². The maximum atomic E-state index is 6.21. The summed E-state index contributed by atoms with van der Waals surface area (Å²) in [4.78, 5) is 4.86. The van der Waals surface area contributed by atoms with Crippen molar-refractivity contribution in [3.63, 3.8) is 0 Å². The van der Waals surface area contributed by atoms with Crippen molar-refractivity contribution in [1.29, 1.82) is 0 Å². The zero-order chi connectivity index (χ0) is 13.2. The fourth-order valence-corrected chi connectivity index (χ4v) is 4.38. The summed E-state index contributed by atoms with van der Waals surface area (Å²) in [6.07, 6.45) is 5.27. The standard InChI is InChI=1S/C14H16BrClN2S/c15-10-5-6-11(16)13(7-10)18-14-17-12-4-2-1-3-9(12)8-19-14/h5-7,9,12H,1-4,8H2,(H,17,18). The van der Waals surface area contributed by atoms with Crippen molar-refractivity contribution in [3.8, 4) is 0 Å². The van der Waals surface area contributed by atoms with E-state index in [9.17, 15) is 0 Å². The Morgan fingerprint density at radius 1 is 1.32 bits per heavy atom. The Bertz CT molecular complexity index is 506. The van der Waals surface area contributed by atoms with Crippen LogP contribution in [0.3, 0.4) is 0 Å². The second-order valence-electron chi connectivity index (χ2n) is 5.11. The quantitative estimate of drug-likeness (QED) is 0.747. The third-order valence-electron chi connectivity index (χ3n) is 3.76. The number of hydrogen-bond donors (Lipinski definition) is 1. The lowest BCUT2D eigenvalue weighted by molar-refractivity contribution is 0.336. The molecule has 1 aliphatic heterocycles. The van der Waals surface area contributed by atoms with Crippen molar-refractivity contribution in [2.24, 2.45) is 10.9 Å². The average molecular weight is 360 g/mol. The van der Waals surface area contributed by atoms with E-state index in [0.717, 1.165) is 26.3 Å². The van der Waals surface area contributed by atoms with Gasteiger partial charge in [-0.1, -0.05) is 52.1 Å². The molecule has 2 atom stereocenters. The number of rotatable bonds is 1. The molecule has 5 heteroatoms. The zero-order valence-corrected chi connectivity index (χ0v) is 13.7. The first-order valence-corrected chi connectivity index (χ1v) is 8.81. The Hall–Kier alpha value is -0.190. The predicted octanol–water partition coefficient (Wildman–Crippen LogP) is 5.18. The van der Waals surface area contributed by atoms with Crippen LogP contribution in [-0.2, 0) is 0 Å². The third kappa shape index (κ3) is 3.29. The number of aliphatic imine (C=N–C) groups is 1. The molecule has 0 saturated heterocycles. The van der Waals surface area contributed by atoms with E-state index in [2.05, 4.69) is 21.2 Å². The van der Waals surface area contributed by atoms with Gasteiger partial charge in [-0.05, 0) is 37.0 Å². The second kappa shape index (κ2) is 6.06. The first kappa shape index (κ1) is 13.8. The lowest BCUT2D eigenvalue weighted by Gasteiger charge is -2.32. The number of hydrogen-bond acceptors (Lipinski definition) is 3. The minimum absolute atomic E-state index is 0.517. The van der Waals surface area contributed by atoms with Crippen LogP contribution in [0.4, 0.5) is 5.69 Å². The Morgan fingerprint density at radius 2 is 2.16 bits per heavy atom. The first-order valence-electron chi connectivity index (χ1n) is 6.65. The summed E-state index contributed by atoms with van der Waals surface area (Å²) in [5.74, 6) is 1.96. The minimum atomic E-state index is 0.517. The molecule has 1 fully saturated rings. The lowest BCUT2D eigenvalue weighted by atomic mass is 9.86. The monoisotopic (exact) mass is 358 g/mol. The molecule has 102 valence electrons. The molecule has 2 nitrogen and oxygen atoms in total. The summed E-state index contributed by atoms with van der Waals surface area (Å²) >= 11 is 11.5. The molecular formula is C14H16BrClN2S. The van der Waals surface area contributed by atoms with Crippen molar-refractivity contribution < 1.29 is 0 Å². The largest absolute Gasteiger partial charge is 0.334 e. The highest BCUT2D eigenvalue weighted by Gasteiger charge is 2.29. The van der Waals surface area contributed by atoms with Gasteiger partial charge < -0.3 is 5.32 Å². The highest BCUT2D eigenvalue weighted by Crippen LogP contribution is 2.35. The average Bonchev–Trinajstić information content (AvgIpc) is 2.43. The fraction of sp³-hybridized carbons (Fsp3) is 0.500. The van der Waals surface area contributed by atoms with E-state index < -0.39 is 0 Å². The van der Waals surface area contributed by atoms with Crippen LogP contribution >= 0.6 is 39.3 Å². The van der Waals surface area contributed by atoms with E-state index in [1.54, 1.807) is 0 Å². The van der Waals surface area contributed by atoms with Crippen LogP contribution in [0.2, 0.25) is 5.02 Å². The van der Waals surface area contributed by atoms with Gasteiger partial charge in [-0.25, -0.2) is 0 Å². The zero-order valence-electron chi connectivity index (χ0n) is 10.5. The van der Waals surface area contributed by atoms with E-state index in [-0.39, 0.29) is 0 Å². The summed E-state index contributed by atoms with van der Waals surface area (Å²) in [5, 5.41) is 5.12. The smallest absolute Gasteiger partial charge is 0.161 e. The molecule has 2 unspecified atom stereocenters. The van der Waals surface area contributed by atoms with Gasteiger partial charge in [-0.3, -0.25) is 4.99 Å². The van der Waals surface area contributed by atoms with Gasteiger partial charge in [-0.15, -0.1) is 0 Å². The molecule has 0 spiro atoms. The highest BCUT2D eigenvalue weighted by atomic mass is 79.9. The maximum Gasteiger partial charge on any atom is 0.161 e. The number of anilines is 1. The molecule has 0 aromatic heterocycles. The summed E-state index contributed by atoms with van der Waals surface area (Å²) in [6.45, 7) is 0. The first-order chi connectivity index (χ1) is 9.22. The van der Waals surface area contributed by atoms with Crippen molar-refractivity contribution in [1.82, 2.24) is 0 Å². The van der Waals surface area contributed by atoms with Crippen molar-refractivity contribution in [3.05, 3.63) is 27.7 Å². The van der Waals surface area contributed by atoms with Gasteiger partial charge in [0, 0.05) is 10.2 Å². The van der Waals surface area contributed by atoms with Gasteiger partial charge in [0.1, 0.15) is 0 Å². The number of nitrogens with zero attached hydrogens (tertiary/aromatic N) is 1. The molecule has 1 aliphatic carbocycles. The van der Waals surface area contributed by atoms with E-state index in [0.29, 0.717) is 6.04 Å². The lowest BCUT2D eigenvalue weighted by Crippen LogP contribution is -2.31. The molecular weight excluding hydrogens is 344 g/mol. The molecule has 0 amide bonds. The van der Waals surface area contributed by atoms with Crippen molar-refractivity contribution in [2.45, 2.75) is 31.7 Å². The third-order valence-corrected chi connectivity index (χ3v) is 5.65. The Balaban J connectivity index is 1.76. The van der Waals surface area contributed by atoms with Crippen molar-refractivity contribution >= 4 is 50.1 Å². The van der Waals surface area contributed by atoms with E-state index in [1.165, 1.54) is 31.4 Å². The number of amidine groups is 1. The molecule has 2 aliphatic rings. The van der Waals surface area contributed by atoms with Gasteiger partial charge in [0.25, 0.3) is 0 Å². The van der Waals surface area contributed by atoms with Crippen LogP contribution in [0.15, 0.2) is 27.7 Å². The molecule has 1 aromatic rings. The van der Waals surface area contributed by atoms with Gasteiger partial charge in [0.15, 0.2) is 5.17 Å². The van der Waals surface area contributed by atoms with Crippen LogP contribution in [0, 0.1) is 5.92 Å². The Labute approximate surface area is 131 Å². The van der Waals surface area contributed by atoms with Crippen LogP contribution in [-0.4, -0.2) is 17.0 Å². The van der Waals surface area contributed by atoms with Crippen LogP contribution in [0.5, 0.6) is 0 Å². The fourth-order valence-electron chi connectivity index (χ4n) is 2.70. The number of benzene rings is 1. The molecule has 19 heavy (non-hydrogen) atoms. The Morgan fingerprint density at radius 3 is 3.05 bits per heavy atom. The van der Waals surface area contributed by atoms with E-state index >= 15 is 0 Å². The van der Waals surface area contributed by atoms with Gasteiger partial charge in [0.2, 0.25) is 0 Å². The van der Waals surface area contributed by atoms with Crippen LogP contribution in [0.1, 0.15) is 25.7 Å². The van der Waals surface area contributed by atoms with Crippen molar-refractivity contribution in [2.75, 3.05) is 11.1 Å². The molecule has 3 rings (SSSR count). The number of nitrogens with one attached hydrogen (secondary N) is 1. The van der Waals surface area contributed by atoms with Gasteiger partial charge >= 0.3 is 0 Å². The summed E-state index contributed by atoms with van der Waals surface area (Å²) in [5.41, 5.74) is 0.927. The second-order valence-corrected chi connectivity index (χ2v) is 7.44. The van der Waals surface area contributed by atoms with E-state index in [1.807, 2.05) is 30.0 Å². The number of fused-ring (bicyclic) bond motifs is 1. The molecule has 0 bridgehead atoms. The predicted molar refractivity (Wildman–Crippen MR) is 88.4 cm³/mol. The summed E-state index contributed by atoms with van der Waals surface area (Å²) < 4.78 is 1.02. The highest BCUT2D eigenvalue weighted by molar-refractivity contribution is 9.10. The summed E-state index contributed by atoms with van der Waals surface area (Å²) in [7, 11) is 0. The van der Waals surface area contributed by atoms with Crippen LogP contribution < -0.4 is 5.32 Å². The number of halogens is 2. The molecule has 1 heterocycles. The molecule has 1 N–H and O–H groups in total. The van der Waals surface area contributed by atoms with Crippen LogP contribution in [0.25, 0.3) is 0 Å². The molecule has 0 radical (unpaired) electrons. The number of thioether (sulfide) groups is 1. The molecule has 1 aromatic carbocycles. The summed E-state index contributed by atoms with van der Waals surface area (Å²) in [6, 6.07) is 6.35. The van der Waals surface area contributed by atoms with Gasteiger partial charge in [0.05, 0.1) is 16.8 Å². The SMILES string of the molecule is Clc1ccc(Br)cc1NC1=NC2CCCCC2CS1. The topological polar surface area (TPSA) is 24.4 Å².